The zero-order valence-electron chi connectivity index (χ0n) is 12.5. The molecule has 0 spiro atoms. The highest BCUT2D eigenvalue weighted by molar-refractivity contribution is 7.91. The fourth-order valence-corrected chi connectivity index (χ4v) is 5.27. The van der Waals surface area contributed by atoms with Crippen molar-refractivity contribution >= 4 is 21.4 Å². The molecule has 1 saturated carbocycles. The van der Waals surface area contributed by atoms with Crippen LogP contribution in [-0.4, -0.2) is 26.7 Å². The van der Waals surface area contributed by atoms with Gasteiger partial charge >= 0.3 is 0 Å². The Bertz CT molecular complexity index is 531. The van der Waals surface area contributed by atoms with Crippen LogP contribution in [0.5, 0.6) is 0 Å². The Labute approximate surface area is 131 Å². The molecule has 0 aliphatic heterocycles. The van der Waals surface area contributed by atoms with Gasteiger partial charge < -0.3 is 5.11 Å². The van der Waals surface area contributed by atoms with Crippen molar-refractivity contribution in [3.05, 3.63) is 17.0 Å². The number of thiophene rings is 1. The molecule has 0 atom stereocenters. The first-order valence-corrected chi connectivity index (χ1v) is 10.0. The molecule has 1 fully saturated rings. The predicted octanol–water partition coefficient (Wildman–Crippen LogP) is 2.78. The SMILES string of the molecule is CC1CCC(CCNS(=O)(=O)c2ccc(CCO)s2)CC1. The van der Waals surface area contributed by atoms with Crippen molar-refractivity contribution in [3.63, 3.8) is 0 Å². The second-order valence-electron chi connectivity index (χ2n) is 6.01. The van der Waals surface area contributed by atoms with E-state index in [1.54, 1.807) is 12.1 Å². The lowest BCUT2D eigenvalue weighted by Crippen LogP contribution is -2.26. The van der Waals surface area contributed by atoms with Crippen LogP contribution < -0.4 is 4.72 Å². The third kappa shape index (κ3) is 5.06. The molecular weight excluding hydrogens is 306 g/mol. The maximum absolute atomic E-state index is 12.2. The summed E-state index contributed by atoms with van der Waals surface area (Å²) in [7, 11) is -3.38. The van der Waals surface area contributed by atoms with Crippen molar-refractivity contribution in [1.82, 2.24) is 4.72 Å². The summed E-state index contributed by atoms with van der Waals surface area (Å²) in [6.07, 6.45) is 6.44. The summed E-state index contributed by atoms with van der Waals surface area (Å²) in [6, 6.07) is 3.40. The number of aliphatic hydroxyl groups is 1. The first-order valence-electron chi connectivity index (χ1n) is 7.70. The molecule has 0 bridgehead atoms. The van der Waals surface area contributed by atoms with Gasteiger partial charge in [-0.15, -0.1) is 11.3 Å². The fraction of sp³-hybridized carbons (Fsp3) is 0.733. The Morgan fingerprint density at radius 3 is 2.67 bits per heavy atom. The van der Waals surface area contributed by atoms with Gasteiger partial charge in [0.15, 0.2) is 0 Å². The van der Waals surface area contributed by atoms with E-state index in [0.717, 1.165) is 17.2 Å². The molecule has 0 radical (unpaired) electrons. The maximum atomic E-state index is 12.2. The molecule has 21 heavy (non-hydrogen) atoms. The molecule has 0 saturated heterocycles. The Morgan fingerprint density at radius 1 is 1.29 bits per heavy atom. The molecule has 1 aromatic rings. The van der Waals surface area contributed by atoms with Gasteiger partial charge in [0.2, 0.25) is 10.0 Å². The van der Waals surface area contributed by atoms with Crippen LogP contribution in [0.3, 0.4) is 0 Å². The lowest BCUT2D eigenvalue weighted by molar-refractivity contribution is 0.278. The largest absolute Gasteiger partial charge is 0.396 e. The van der Waals surface area contributed by atoms with E-state index in [1.165, 1.54) is 37.0 Å². The quantitative estimate of drug-likeness (QED) is 0.807. The van der Waals surface area contributed by atoms with E-state index in [2.05, 4.69) is 11.6 Å². The topological polar surface area (TPSA) is 66.4 Å². The van der Waals surface area contributed by atoms with Crippen molar-refractivity contribution in [2.24, 2.45) is 11.8 Å². The molecule has 120 valence electrons. The summed E-state index contributed by atoms with van der Waals surface area (Å²) in [4.78, 5) is 0.902. The van der Waals surface area contributed by atoms with E-state index in [4.69, 9.17) is 5.11 Å². The Kier molecular flexibility index (Phi) is 6.22. The van der Waals surface area contributed by atoms with E-state index in [-0.39, 0.29) is 6.61 Å². The first kappa shape index (κ1) is 16.9. The molecule has 4 nitrogen and oxygen atoms in total. The van der Waals surface area contributed by atoms with Gasteiger partial charge in [-0.25, -0.2) is 13.1 Å². The second kappa shape index (κ2) is 7.72. The summed E-state index contributed by atoms with van der Waals surface area (Å²) in [6.45, 7) is 2.86. The molecule has 0 amide bonds. The van der Waals surface area contributed by atoms with Gasteiger partial charge in [-0.3, -0.25) is 0 Å². The van der Waals surface area contributed by atoms with Gasteiger partial charge in [0.25, 0.3) is 0 Å². The van der Waals surface area contributed by atoms with Gasteiger partial charge in [0.05, 0.1) is 0 Å². The van der Waals surface area contributed by atoms with Crippen LogP contribution in [0.25, 0.3) is 0 Å². The number of hydrogen-bond acceptors (Lipinski definition) is 4. The second-order valence-corrected chi connectivity index (χ2v) is 9.17. The molecule has 1 aliphatic carbocycles. The summed E-state index contributed by atoms with van der Waals surface area (Å²) in [5.74, 6) is 1.49. The molecule has 2 N–H and O–H groups in total. The zero-order chi connectivity index (χ0) is 15.3. The minimum Gasteiger partial charge on any atom is -0.396 e. The van der Waals surface area contributed by atoms with Crippen molar-refractivity contribution in [2.45, 2.75) is 49.7 Å². The van der Waals surface area contributed by atoms with Crippen molar-refractivity contribution in [2.75, 3.05) is 13.2 Å². The van der Waals surface area contributed by atoms with Crippen molar-refractivity contribution in [1.29, 1.82) is 0 Å². The summed E-state index contributed by atoms with van der Waals surface area (Å²) >= 11 is 1.24. The summed E-state index contributed by atoms with van der Waals surface area (Å²) < 4.78 is 27.4. The number of sulfonamides is 1. The van der Waals surface area contributed by atoms with Crippen LogP contribution in [0.4, 0.5) is 0 Å². The Hall–Kier alpha value is -0.430. The van der Waals surface area contributed by atoms with Gasteiger partial charge in [-0.2, -0.15) is 0 Å². The molecule has 1 heterocycles. The van der Waals surface area contributed by atoms with Crippen molar-refractivity contribution in [3.8, 4) is 0 Å². The molecular formula is C15H25NO3S2. The molecule has 6 heteroatoms. The number of nitrogens with one attached hydrogen (secondary N) is 1. The maximum Gasteiger partial charge on any atom is 0.250 e. The van der Waals surface area contributed by atoms with Crippen LogP contribution in [0.2, 0.25) is 0 Å². The number of aliphatic hydroxyl groups excluding tert-OH is 1. The van der Waals surface area contributed by atoms with Gasteiger partial charge in [0, 0.05) is 24.4 Å². The van der Waals surface area contributed by atoms with Gasteiger partial charge in [-0.05, 0) is 30.4 Å². The van der Waals surface area contributed by atoms with E-state index < -0.39 is 10.0 Å². The highest BCUT2D eigenvalue weighted by Gasteiger charge is 2.20. The van der Waals surface area contributed by atoms with Crippen LogP contribution in [-0.2, 0) is 16.4 Å². The highest BCUT2D eigenvalue weighted by atomic mass is 32.2. The normalized spacial score (nSPS) is 23.3. The van der Waals surface area contributed by atoms with Crippen molar-refractivity contribution < 1.29 is 13.5 Å². The van der Waals surface area contributed by atoms with Crippen LogP contribution in [0.15, 0.2) is 16.3 Å². The van der Waals surface area contributed by atoms with E-state index >= 15 is 0 Å². The zero-order valence-corrected chi connectivity index (χ0v) is 14.2. The smallest absolute Gasteiger partial charge is 0.250 e. The Morgan fingerprint density at radius 2 is 2.00 bits per heavy atom. The molecule has 2 rings (SSSR count). The number of hydrogen-bond donors (Lipinski definition) is 2. The van der Waals surface area contributed by atoms with Gasteiger partial charge in [-0.1, -0.05) is 32.6 Å². The monoisotopic (exact) mass is 331 g/mol. The van der Waals surface area contributed by atoms with Crippen LogP contribution in [0, 0.1) is 11.8 Å². The third-order valence-electron chi connectivity index (χ3n) is 4.24. The molecule has 1 aliphatic rings. The van der Waals surface area contributed by atoms with E-state index in [0.29, 0.717) is 23.1 Å². The standard InChI is InChI=1S/C15H25NO3S2/c1-12-2-4-13(5-3-12)8-10-16-21(18,19)15-7-6-14(20-15)9-11-17/h6-7,12-13,16-17H,2-5,8-11H2,1H3. The fourth-order valence-electron chi connectivity index (χ4n) is 2.83. The summed E-state index contributed by atoms with van der Waals surface area (Å²) in [5, 5.41) is 8.88. The first-order chi connectivity index (χ1) is 10.0. The molecule has 0 unspecified atom stereocenters. The van der Waals surface area contributed by atoms with Gasteiger partial charge in [0.1, 0.15) is 4.21 Å². The van der Waals surface area contributed by atoms with Crippen LogP contribution in [0.1, 0.15) is 43.9 Å². The average Bonchev–Trinajstić information content (AvgIpc) is 2.91. The molecule has 1 aromatic heterocycles. The lowest BCUT2D eigenvalue weighted by atomic mass is 9.81. The minimum atomic E-state index is -3.38. The number of rotatable bonds is 7. The van der Waals surface area contributed by atoms with E-state index in [1.807, 2.05) is 0 Å². The van der Waals surface area contributed by atoms with E-state index in [9.17, 15) is 8.42 Å². The highest BCUT2D eigenvalue weighted by Crippen LogP contribution is 2.30. The minimum absolute atomic E-state index is 0.0491. The molecule has 0 aromatic carbocycles. The van der Waals surface area contributed by atoms with Crippen LogP contribution >= 0.6 is 11.3 Å². The predicted molar refractivity (Wildman–Crippen MR) is 86.0 cm³/mol. The lowest BCUT2D eigenvalue weighted by Gasteiger charge is -2.25. The third-order valence-corrected chi connectivity index (χ3v) is 7.34. The summed E-state index contributed by atoms with van der Waals surface area (Å²) in [5.41, 5.74) is 0. The average molecular weight is 332 g/mol. The Balaban J connectivity index is 1.80.